The molecule has 3 nitrogen and oxygen atoms in total. The highest BCUT2D eigenvalue weighted by atomic mass is 35.5. The van der Waals surface area contributed by atoms with Crippen molar-refractivity contribution in [2.75, 3.05) is 11.9 Å². The van der Waals surface area contributed by atoms with Crippen LogP contribution < -0.4 is 10.1 Å². The molecule has 0 spiro atoms. The fourth-order valence-corrected chi connectivity index (χ4v) is 3.51. The van der Waals surface area contributed by atoms with Gasteiger partial charge in [0.2, 0.25) is 0 Å². The number of aromatic nitrogens is 1. The van der Waals surface area contributed by atoms with E-state index in [2.05, 4.69) is 22.4 Å². The van der Waals surface area contributed by atoms with Crippen LogP contribution in [-0.4, -0.2) is 17.6 Å². The minimum absolute atomic E-state index is 0.149. The Morgan fingerprint density at radius 3 is 3.19 bits per heavy atom. The van der Waals surface area contributed by atoms with Gasteiger partial charge in [0.15, 0.2) is 0 Å². The van der Waals surface area contributed by atoms with Crippen LogP contribution in [0, 0.1) is 0 Å². The third-order valence-electron chi connectivity index (χ3n) is 3.63. The topological polar surface area (TPSA) is 34.2 Å². The Bertz CT molecular complexity index is 802. The van der Waals surface area contributed by atoms with Gasteiger partial charge in [-0.2, -0.15) is 0 Å². The molecule has 1 aromatic heterocycles. The summed E-state index contributed by atoms with van der Waals surface area (Å²) < 4.78 is 7.12. The van der Waals surface area contributed by atoms with Crippen molar-refractivity contribution in [3.63, 3.8) is 0 Å². The van der Waals surface area contributed by atoms with Crippen molar-refractivity contribution >= 4 is 38.8 Å². The average Bonchev–Trinajstić information content (AvgIpc) is 3.09. The fourth-order valence-electron chi connectivity index (χ4n) is 2.60. The van der Waals surface area contributed by atoms with Gasteiger partial charge in [0, 0.05) is 17.1 Å². The summed E-state index contributed by atoms with van der Waals surface area (Å²) in [6.07, 6.45) is 1.04. The van der Waals surface area contributed by atoms with E-state index in [9.17, 15) is 0 Å². The van der Waals surface area contributed by atoms with Gasteiger partial charge < -0.3 is 10.1 Å². The number of hydrogen-bond donors (Lipinski definition) is 1. The number of rotatable bonds is 3. The second-order valence-electron chi connectivity index (χ2n) is 5.11. The molecule has 1 aliphatic heterocycles. The van der Waals surface area contributed by atoms with Gasteiger partial charge in [0.05, 0.1) is 22.3 Å². The lowest BCUT2D eigenvalue weighted by atomic mass is 10.1. The molecule has 0 fully saturated rings. The van der Waals surface area contributed by atoms with Gasteiger partial charge in [0.1, 0.15) is 11.9 Å². The molecule has 5 heteroatoms. The number of hydrogen-bond acceptors (Lipinski definition) is 4. The van der Waals surface area contributed by atoms with Crippen LogP contribution in [0.25, 0.3) is 10.2 Å². The van der Waals surface area contributed by atoms with Gasteiger partial charge in [-0.25, -0.2) is 4.98 Å². The molecule has 2 aromatic carbocycles. The standard InChI is InChI=1S/C16H13ClN2OS/c17-11-1-4-15-10(5-11)6-13(20-15)8-18-12-2-3-14-16(7-12)21-9-19-14/h1-5,7,9,13,18H,6,8H2. The zero-order chi connectivity index (χ0) is 14.2. The summed E-state index contributed by atoms with van der Waals surface area (Å²) in [5.74, 6) is 0.948. The molecule has 1 atom stereocenters. The summed E-state index contributed by atoms with van der Waals surface area (Å²) in [6.45, 7) is 0.774. The molecule has 0 amide bonds. The molecule has 0 aliphatic carbocycles. The molecule has 106 valence electrons. The summed E-state index contributed by atoms with van der Waals surface area (Å²) in [7, 11) is 0. The maximum atomic E-state index is 6.01. The summed E-state index contributed by atoms with van der Waals surface area (Å²) in [4.78, 5) is 4.29. The number of fused-ring (bicyclic) bond motifs is 2. The predicted octanol–water partition coefficient (Wildman–Crippen LogP) is 4.37. The average molecular weight is 317 g/mol. The summed E-state index contributed by atoms with van der Waals surface area (Å²) >= 11 is 7.67. The predicted molar refractivity (Wildman–Crippen MR) is 87.7 cm³/mol. The minimum Gasteiger partial charge on any atom is -0.488 e. The van der Waals surface area contributed by atoms with Crippen LogP contribution in [-0.2, 0) is 6.42 Å². The van der Waals surface area contributed by atoms with Gasteiger partial charge in [-0.15, -0.1) is 11.3 Å². The van der Waals surface area contributed by atoms with E-state index < -0.39 is 0 Å². The van der Waals surface area contributed by atoms with E-state index in [0.717, 1.165) is 34.9 Å². The van der Waals surface area contributed by atoms with E-state index in [1.807, 2.05) is 29.8 Å². The van der Waals surface area contributed by atoms with Gasteiger partial charge in [-0.05, 0) is 42.0 Å². The molecule has 3 aromatic rings. The molecule has 0 radical (unpaired) electrons. The third kappa shape index (κ3) is 2.57. The number of halogens is 1. The third-order valence-corrected chi connectivity index (χ3v) is 4.66. The second-order valence-corrected chi connectivity index (χ2v) is 6.43. The molecular formula is C16H13ClN2OS. The number of nitrogens with zero attached hydrogens (tertiary/aromatic N) is 1. The minimum atomic E-state index is 0.149. The first kappa shape index (κ1) is 12.9. The molecule has 2 heterocycles. The van der Waals surface area contributed by atoms with E-state index in [1.54, 1.807) is 11.3 Å². The molecule has 21 heavy (non-hydrogen) atoms. The lowest BCUT2D eigenvalue weighted by Crippen LogP contribution is -2.23. The van der Waals surface area contributed by atoms with Crippen LogP contribution in [0.5, 0.6) is 5.75 Å². The van der Waals surface area contributed by atoms with Crippen LogP contribution in [0.4, 0.5) is 5.69 Å². The van der Waals surface area contributed by atoms with Gasteiger partial charge >= 0.3 is 0 Å². The van der Waals surface area contributed by atoms with Gasteiger partial charge in [-0.1, -0.05) is 11.6 Å². The van der Waals surface area contributed by atoms with Crippen LogP contribution in [0.2, 0.25) is 5.02 Å². The van der Waals surface area contributed by atoms with Gasteiger partial charge in [-0.3, -0.25) is 0 Å². The molecule has 1 unspecified atom stereocenters. The number of benzene rings is 2. The van der Waals surface area contributed by atoms with Crippen LogP contribution in [0.1, 0.15) is 5.56 Å². The molecule has 0 bridgehead atoms. The largest absolute Gasteiger partial charge is 0.488 e. The van der Waals surface area contributed by atoms with E-state index in [1.165, 1.54) is 10.3 Å². The van der Waals surface area contributed by atoms with Crippen LogP contribution in [0.3, 0.4) is 0 Å². The Morgan fingerprint density at radius 2 is 2.24 bits per heavy atom. The monoisotopic (exact) mass is 316 g/mol. The molecular weight excluding hydrogens is 304 g/mol. The lowest BCUT2D eigenvalue weighted by Gasteiger charge is -2.12. The smallest absolute Gasteiger partial charge is 0.123 e. The summed E-state index contributed by atoms with van der Waals surface area (Å²) in [5, 5.41) is 4.20. The van der Waals surface area contributed by atoms with E-state index in [4.69, 9.17) is 16.3 Å². The Hall–Kier alpha value is -1.78. The Kier molecular flexibility index (Phi) is 3.20. The van der Waals surface area contributed by atoms with Crippen molar-refractivity contribution < 1.29 is 4.74 Å². The van der Waals surface area contributed by atoms with Crippen LogP contribution in [0.15, 0.2) is 41.9 Å². The van der Waals surface area contributed by atoms with E-state index in [0.29, 0.717) is 0 Å². The number of ether oxygens (including phenoxy) is 1. The van der Waals surface area contributed by atoms with Crippen molar-refractivity contribution in [2.24, 2.45) is 0 Å². The van der Waals surface area contributed by atoms with Crippen LogP contribution >= 0.6 is 22.9 Å². The fraction of sp³-hybridized carbons (Fsp3) is 0.188. The maximum absolute atomic E-state index is 6.01. The first-order valence-electron chi connectivity index (χ1n) is 6.80. The summed E-state index contributed by atoms with van der Waals surface area (Å²) in [5.41, 5.74) is 5.20. The first-order chi connectivity index (χ1) is 10.3. The van der Waals surface area contributed by atoms with Crippen molar-refractivity contribution in [1.82, 2.24) is 4.98 Å². The van der Waals surface area contributed by atoms with Crippen molar-refractivity contribution in [2.45, 2.75) is 12.5 Å². The Morgan fingerprint density at radius 1 is 1.29 bits per heavy atom. The molecule has 0 saturated carbocycles. The zero-order valence-electron chi connectivity index (χ0n) is 11.2. The number of thiazole rings is 1. The molecule has 1 aliphatic rings. The molecule has 0 saturated heterocycles. The first-order valence-corrected chi connectivity index (χ1v) is 8.06. The van der Waals surface area contributed by atoms with E-state index >= 15 is 0 Å². The van der Waals surface area contributed by atoms with Crippen molar-refractivity contribution in [1.29, 1.82) is 0 Å². The molecule has 1 N–H and O–H groups in total. The quantitative estimate of drug-likeness (QED) is 0.779. The van der Waals surface area contributed by atoms with Crippen molar-refractivity contribution in [3.8, 4) is 5.75 Å². The highest BCUT2D eigenvalue weighted by Crippen LogP contribution is 2.31. The normalized spacial score (nSPS) is 16.7. The SMILES string of the molecule is Clc1ccc2c(c1)CC(CNc1ccc3ncsc3c1)O2. The Labute approximate surface area is 131 Å². The van der Waals surface area contributed by atoms with Crippen molar-refractivity contribution in [3.05, 3.63) is 52.5 Å². The highest BCUT2D eigenvalue weighted by molar-refractivity contribution is 7.16. The molecule has 4 rings (SSSR count). The maximum Gasteiger partial charge on any atom is 0.123 e. The second kappa shape index (κ2) is 5.20. The Balaban J connectivity index is 1.43. The zero-order valence-corrected chi connectivity index (χ0v) is 12.7. The highest BCUT2D eigenvalue weighted by Gasteiger charge is 2.22. The number of anilines is 1. The summed E-state index contributed by atoms with van der Waals surface area (Å²) in [6, 6.07) is 12.0. The lowest BCUT2D eigenvalue weighted by molar-refractivity contribution is 0.246. The number of nitrogens with one attached hydrogen (secondary N) is 1. The van der Waals surface area contributed by atoms with Gasteiger partial charge in [0.25, 0.3) is 0 Å². The van der Waals surface area contributed by atoms with E-state index in [-0.39, 0.29) is 6.10 Å².